The van der Waals surface area contributed by atoms with Crippen LogP contribution in [0.3, 0.4) is 0 Å². The first kappa shape index (κ1) is 11.7. The van der Waals surface area contributed by atoms with Gasteiger partial charge in [0.2, 0.25) is 0 Å². The third-order valence-electron chi connectivity index (χ3n) is 2.18. The van der Waals surface area contributed by atoms with Crippen molar-refractivity contribution < 1.29 is 23.4 Å². The van der Waals surface area contributed by atoms with E-state index >= 15 is 0 Å². The van der Waals surface area contributed by atoms with Crippen LogP contribution in [0.4, 0.5) is 13.2 Å². The molecule has 0 saturated heterocycles. The highest BCUT2D eigenvalue weighted by Crippen LogP contribution is 2.31. The molecule has 0 bridgehead atoms. The molecule has 0 radical (unpaired) electrons. The molecule has 2 heterocycles. The summed E-state index contributed by atoms with van der Waals surface area (Å²) >= 11 is 0. The zero-order valence-electron chi connectivity index (χ0n) is 8.31. The largest absolute Gasteiger partial charge is 0.433 e. The van der Waals surface area contributed by atoms with Crippen molar-refractivity contribution in [3.63, 3.8) is 0 Å². The van der Waals surface area contributed by atoms with E-state index in [1.807, 2.05) is 0 Å². The van der Waals surface area contributed by atoms with Crippen LogP contribution < -0.4 is 0 Å². The van der Waals surface area contributed by atoms with E-state index in [9.17, 15) is 13.2 Å². The molecule has 0 aromatic carbocycles. The zero-order chi connectivity index (χ0) is 12.6. The quantitative estimate of drug-likeness (QED) is 0.748. The molecule has 2 rings (SSSR count). The van der Waals surface area contributed by atoms with Crippen LogP contribution in [0.15, 0.2) is 24.4 Å². The topological polar surface area (TPSA) is 66.2 Å². The molecule has 90 valence electrons. The maximum Gasteiger partial charge on any atom is 0.433 e. The van der Waals surface area contributed by atoms with Crippen molar-refractivity contribution in [3.05, 3.63) is 35.7 Å². The first-order chi connectivity index (χ1) is 7.89. The number of halogens is 3. The van der Waals surface area contributed by atoms with Crippen LogP contribution in [-0.2, 0) is 6.18 Å². The molecule has 0 atom stereocenters. The molecule has 0 saturated carbocycles. The first-order valence-electron chi connectivity index (χ1n) is 4.58. The summed E-state index contributed by atoms with van der Waals surface area (Å²) in [5, 5.41) is 18.3. The summed E-state index contributed by atoms with van der Waals surface area (Å²) in [6.07, 6.45) is -5.39. The molecular weight excluding hydrogens is 237 g/mol. The average Bonchev–Trinajstić information content (AvgIpc) is 2.26. The van der Waals surface area contributed by atoms with Crippen LogP contribution in [0.25, 0.3) is 11.0 Å². The SMILES string of the molecule is OC(O)c1cc(C(F)(F)F)nc2ncccc12. The molecular formula is C10H7F3N2O2. The summed E-state index contributed by atoms with van der Waals surface area (Å²) in [7, 11) is 0. The number of hydrogen-bond donors (Lipinski definition) is 2. The van der Waals surface area contributed by atoms with Gasteiger partial charge in [-0.2, -0.15) is 13.2 Å². The van der Waals surface area contributed by atoms with Crippen molar-refractivity contribution >= 4 is 11.0 Å². The van der Waals surface area contributed by atoms with Crippen molar-refractivity contribution in [2.45, 2.75) is 12.5 Å². The van der Waals surface area contributed by atoms with Gasteiger partial charge in [-0.25, -0.2) is 9.97 Å². The van der Waals surface area contributed by atoms with E-state index < -0.39 is 18.2 Å². The Hall–Kier alpha value is -1.73. The summed E-state index contributed by atoms with van der Waals surface area (Å²) in [5.74, 6) is 0. The lowest BCUT2D eigenvalue weighted by Gasteiger charge is -2.11. The van der Waals surface area contributed by atoms with Gasteiger partial charge in [0, 0.05) is 17.1 Å². The predicted molar refractivity (Wildman–Crippen MR) is 51.7 cm³/mol. The Morgan fingerprint density at radius 3 is 2.53 bits per heavy atom. The van der Waals surface area contributed by atoms with Gasteiger partial charge in [0.1, 0.15) is 5.69 Å². The minimum absolute atomic E-state index is 0.176. The number of alkyl halides is 3. The highest BCUT2D eigenvalue weighted by molar-refractivity contribution is 5.79. The Bertz CT molecular complexity index is 555. The van der Waals surface area contributed by atoms with Gasteiger partial charge in [0.05, 0.1) is 0 Å². The highest BCUT2D eigenvalue weighted by atomic mass is 19.4. The Morgan fingerprint density at radius 1 is 1.24 bits per heavy atom. The van der Waals surface area contributed by atoms with Crippen LogP contribution in [0.5, 0.6) is 0 Å². The van der Waals surface area contributed by atoms with E-state index in [0.717, 1.165) is 0 Å². The normalized spacial score (nSPS) is 12.4. The Labute approximate surface area is 93.4 Å². The maximum absolute atomic E-state index is 12.5. The monoisotopic (exact) mass is 244 g/mol. The second kappa shape index (κ2) is 3.94. The summed E-state index contributed by atoms with van der Waals surface area (Å²) in [6, 6.07) is 3.50. The lowest BCUT2D eigenvalue weighted by molar-refractivity contribution is -0.141. The van der Waals surface area contributed by atoms with E-state index in [2.05, 4.69) is 9.97 Å². The van der Waals surface area contributed by atoms with E-state index in [1.54, 1.807) is 0 Å². The molecule has 2 aromatic heterocycles. The fourth-order valence-electron chi connectivity index (χ4n) is 1.44. The Balaban J connectivity index is 2.76. The van der Waals surface area contributed by atoms with Crippen molar-refractivity contribution in [2.24, 2.45) is 0 Å². The molecule has 2 aromatic rings. The van der Waals surface area contributed by atoms with Gasteiger partial charge in [0.25, 0.3) is 0 Å². The summed E-state index contributed by atoms with van der Waals surface area (Å²) in [5.41, 5.74) is -1.65. The molecule has 0 unspecified atom stereocenters. The van der Waals surface area contributed by atoms with Gasteiger partial charge < -0.3 is 10.2 Å². The van der Waals surface area contributed by atoms with E-state index in [-0.39, 0.29) is 16.6 Å². The van der Waals surface area contributed by atoms with Crippen molar-refractivity contribution in [3.8, 4) is 0 Å². The van der Waals surface area contributed by atoms with E-state index in [1.165, 1.54) is 18.3 Å². The molecule has 7 heteroatoms. The summed E-state index contributed by atoms with van der Waals surface area (Å²) in [4.78, 5) is 7.00. The number of aliphatic hydroxyl groups is 2. The number of hydrogen-bond acceptors (Lipinski definition) is 4. The van der Waals surface area contributed by atoms with Crippen LogP contribution in [0.2, 0.25) is 0 Å². The van der Waals surface area contributed by atoms with Crippen LogP contribution in [0, 0.1) is 0 Å². The molecule has 0 spiro atoms. The van der Waals surface area contributed by atoms with Crippen LogP contribution in [0.1, 0.15) is 17.5 Å². The maximum atomic E-state index is 12.5. The number of pyridine rings is 2. The fraction of sp³-hybridized carbons (Fsp3) is 0.200. The van der Waals surface area contributed by atoms with Crippen molar-refractivity contribution in [1.29, 1.82) is 0 Å². The summed E-state index contributed by atoms with van der Waals surface area (Å²) in [6.45, 7) is 0. The third kappa shape index (κ3) is 2.20. The Morgan fingerprint density at radius 2 is 1.94 bits per heavy atom. The van der Waals surface area contributed by atoms with Gasteiger partial charge in [-0.3, -0.25) is 0 Å². The van der Waals surface area contributed by atoms with E-state index in [4.69, 9.17) is 10.2 Å². The highest BCUT2D eigenvalue weighted by Gasteiger charge is 2.34. The minimum atomic E-state index is -4.66. The smallest absolute Gasteiger partial charge is 0.364 e. The second-order valence-corrected chi connectivity index (χ2v) is 3.34. The number of aliphatic hydroxyl groups excluding tert-OH is 1. The molecule has 0 amide bonds. The van der Waals surface area contributed by atoms with Gasteiger partial charge in [-0.15, -0.1) is 0 Å². The molecule has 0 aliphatic heterocycles. The summed E-state index contributed by atoms with van der Waals surface area (Å²) < 4.78 is 37.5. The number of fused-ring (bicyclic) bond motifs is 1. The van der Waals surface area contributed by atoms with Crippen LogP contribution in [-0.4, -0.2) is 20.2 Å². The second-order valence-electron chi connectivity index (χ2n) is 3.34. The van der Waals surface area contributed by atoms with Crippen molar-refractivity contribution in [1.82, 2.24) is 9.97 Å². The number of aromatic nitrogens is 2. The van der Waals surface area contributed by atoms with Gasteiger partial charge in [-0.05, 0) is 18.2 Å². The van der Waals surface area contributed by atoms with Gasteiger partial charge in [-0.1, -0.05) is 0 Å². The minimum Gasteiger partial charge on any atom is -0.364 e. The number of nitrogens with zero attached hydrogens (tertiary/aromatic N) is 2. The van der Waals surface area contributed by atoms with Gasteiger partial charge in [0.15, 0.2) is 11.9 Å². The lowest BCUT2D eigenvalue weighted by atomic mass is 10.1. The average molecular weight is 244 g/mol. The molecule has 17 heavy (non-hydrogen) atoms. The molecule has 0 aliphatic carbocycles. The van der Waals surface area contributed by atoms with Crippen LogP contribution >= 0.6 is 0 Å². The van der Waals surface area contributed by atoms with Crippen molar-refractivity contribution in [2.75, 3.05) is 0 Å². The van der Waals surface area contributed by atoms with E-state index in [0.29, 0.717) is 6.07 Å². The third-order valence-corrected chi connectivity index (χ3v) is 2.18. The molecule has 2 N–H and O–H groups in total. The predicted octanol–water partition coefficient (Wildman–Crippen LogP) is 1.63. The molecule has 4 nitrogen and oxygen atoms in total. The standard InChI is InChI=1S/C10H7F3N2O2/c11-10(12,13)7-4-6(9(16)17)5-2-1-3-14-8(5)15-7/h1-4,9,16-17H. The van der Waals surface area contributed by atoms with Gasteiger partial charge >= 0.3 is 6.18 Å². The lowest BCUT2D eigenvalue weighted by Crippen LogP contribution is -2.11. The zero-order valence-corrected chi connectivity index (χ0v) is 8.31. The number of rotatable bonds is 1. The first-order valence-corrected chi connectivity index (χ1v) is 4.58. The molecule has 0 fully saturated rings. The Kier molecular flexibility index (Phi) is 2.72. The fourth-order valence-corrected chi connectivity index (χ4v) is 1.44. The molecule has 0 aliphatic rings.